The highest BCUT2D eigenvalue weighted by Crippen LogP contribution is 2.24. The number of aromatic nitrogens is 2. The van der Waals surface area contributed by atoms with E-state index in [-0.39, 0.29) is 0 Å². The summed E-state index contributed by atoms with van der Waals surface area (Å²) in [6.07, 6.45) is 1.52. The van der Waals surface area contributed by atoms with E-state index in [1.165, 1.54) is 13.3 Å². The molecule has 0 fully saturated rings. The predicted octanol–water partition coefficient (Wildman–Crippen LogP) is 2.80. The summed E-state index contributed by atoms with van der Waals surface area (Å²) in [5.74, 6) is 1.10. The number of nitrogens with zero attached hydrogens (tertiary/aromatic N) is 2. The largest absolute Gasteiger partial charge is 0.496 e. The Balaban J connectivity index is 2.42. The Bertz CT molecular complexity index is 637. The van der Waals surface area contributed by atoms with Crippen molar-refractivity contribution in [3.8, 4) is 5.75 Å². The fourth-order valence-electron chi connectivity index (χ4n) is 1.98. The zero-order chi connectivity index (χ0) is 14.7. The fourth-order valence-corrected chi connectivity index (χ4v) is 2.38. The summed E-state index contributed by atoms with van der Waals surface area (Å²) in [6, 6.07) is 5.74. The van der Waals surface area contributed by atoms with Gasteiger partial charge in [0.2, 0.25) is 0 Å². The number of imidazole rings is 1. The van der Waals surface area contributed by atoms with E-state index in [0.717, 1.165) is 21.6 Å². The predicted molar refractivity (Wildman–Crippen MR) is 78.1 cm³/mol. The molecule has 0 saturated heterocycles. The van der Waals surface area contributed by atoms with Gasteiger partial charge >= 0.3 is 5.97 Å². The summed E-state index contributed by atoms with van der Waals surface area (Å²) < 4.78 is 12.9. The van der Waals surface area contributed by atoms with E-state index < -0.39 is 5.97 Å². The zero-order valence-electron chi connectivity index (χ0n) is 11.5. The van der Waals surface area contributed by atoms with Gasteiger partial charge < -0.3 is 14.0 Å². The van der Waals surface area contributed by atoms with Gasteiger partial charge in [-0.25, -0.2) is 9.78 Å². The van der Waals surface area contributed by atoms with Gasteiger partial charge in [-0.05, 0) is 25.1 Å². The van der Waals surface area contributed by atoms with E-state index in [2.05, 4.69) is 20.9 Å². The van der Waals surface area contributed by atoms with Gasteiger partial charge in [-0.1, -0.05) is 15.9 Å². The second-order valence-electron chi connectivity index (χ2n) is 4.22. The third kappa shape index (κ3) is 2.85. The van der Waals surface area contributed by atoms with Crippen LogP contribution in [0, 0.1) is 6.92 Å². The number of hydrogen-bond donors (Lipinski definition) is 0. The Hall–Kier alpha value is -1.82. The Kier molecular flexibility index (Phi) is 4.44. The van der Waals surface area contributed by atoms with E-state index in [0.29, 0.717) is 12.2 Å². The van der Waals surface area contributed by atoms with Crippen molar-refractivity contribution in [3.63, 3.8) is 0 Å². The Labute approximate surface area is 125 Å². The average molecular weight is 339 g/mol. The van der Waals surface area contributed by atoms with E-state index >= 15 is 0 Å². The van der Waals surface area contributed by atoms with Crippen molar-refractivity contribution in [1.29, 1.82) is 0 Å². The van der Waals surface area contributed by atoms with Gasteiger partial charge in [-0.3, -0.25) is 0 Å². The molecule has 0 atom stereocenters. The number of carbonyl (C=O) groups excluding carboxylic acids is 1. The molecular weight excluding hydrogens is 324 g/mol. The van der Waals surface area contributed by atoms with Crippen LogP contribution in [0.4, 0.5) is 0 Å². The number of rotatable bonds is 4. The summed E-state index contributed by atoms with van der Waals surface area (Å²) in [5, 5.41) is 0. The summed E-state index contributed by atoms with van der Waals surface area (Å²) in [6.45, 7) is 2.33. The lowest BCUT2D eigenvalue weighted by molar-refractivity contribution is 0.0588. The first-order valence-electron chi connectivity index (χ1n) is 5.99. The van der Waals surface area contributed by atoms with Crippen molar-refractivity contribution in [2.45, 2.75) is 13.5 Å². The number of aryl methyl sites for hydroxylation is 1. The Morgan fingerprint density at radius 3 is 2.80 bits per heavy atom. The monoisotopic (exact) mass is 338 g/mol. The molecule has 6 heteroatoms. The number of ether oxygens (including phenoxy) is 2. The maximum Gasteiger partial charge on any atom is 0.356 e. The molecule has 0 saturated carbocycles. The molecule has 5 nitrogen and oxygen atoms in total. The molecule has 0 amide bonds. The van der Waals surface area contributed by atoms with Crippen LogP contribution < -0.4 is 4.74 Å². The first kappa shape index (κ1) is 14.6. The highest BCUT2D eigenvalue weighted by atomic mass is 79.9. The van der Waals surface area contributed by atoms with Crippen LogP contribution in [0.5, 0.6) is 5.75 Å². The topological polar surface area (TPSA) is 53.3 Å². The molecule has 0 aliphatic rings. The van der Waals surface area contributed by atoms with Gasteiger partial charge in [-0.2, -0.15) is 0 Å². The summed E-state index contributed by atoms with van der Waals surface area (Å²) in [5.41, 5.74) is 1.38. The lowest BCUT2D eigenvalue weighted by Crippen LogP contribution is -2.13. The molecule has 0 N–H and O–H groups in total. The first-order valence-corrected chi connectivity index (χ1v) is 6.79. The van der Waals surface area contributed by atoms with Crippen molar-refractivity contribution >= 4 is 21.9 Å². The molecule has 106 valence electrons. The Morgan fingerprint density at radius 1 is 1.40 bits per heavy atom. The zero-order valence-corrected chi connectivity index (χ0v) is 13.1. The minimum atomic E-state index is -0.403. The lowest BCUT2D eigenvalue weighted by atomic mass is 10.2. The van der Waals surface area contributed by atoms with Gasteiger partial charge in [0.15, 0.2) is 0 Å². The van der Waals surface area contributed by atoms with Crippen molar-refractivity contribution < 1.29 is 14.3 Å². The maximum absolute atomic E-state index is 11.7. The van der Waals surface area contributed by atoms with E-state index in [1.54, 1.807) is 11.7 Å². The normalized spacial score (nSPS) is 10.4. The molecule has 1 aromatic heterocycles. The molecule has 0 bridgehead atoms. The third-order valence-corrected chi connectivity index (χ3v) is 3.51. The van der Waals surface area contributed by atoms with Crippen LogP contribution in [0.2, 0.25) is 0 Å². The van der Waals surface area contributed by atoms with Crippen LogP contribution >= 0.6 is 15.9 Å². The first-order chi connectivity index (χ1) is 9.56. The van der Waals surface area contributed by atoms with Crippen LogP contribution in [0.3, 0.4) is 0 Å². The summed E-state index contributed by atoms with van der Waals surface area (Å²) >= 11 is 3.44. The molecular formula is C14H15BrN2O3. The molecule has 0 radical (unpaired) electrons. The molecule has 1 heterocycles. The minimum Gasteiger partial charge on any atom is -0.496 e. The van der Waals surface area contributed by atoms with Crippen LogP contribution in [0.25, 0.3) is 0 Å². The number of methoxy groups -OCH3 is 2. The Morgan fingerprint density at radius 2 is 2.15 bits per heavy atom. The highest BCUT2D eigenvalue weighted by Gasteiger charge is 2.16. The molecule has 0 aliphatic heterocycles. The van der Waals surface area contributed by atoms with E-state index in [9.17, 15) is 4.79 Å². The standard InChI is InChI=1S/C14H15BrN2O3/c1-9-16-7-12(14(18)20-3)17(9)8-10-6-11(15)4-5-13(10)19-2/h4-7H,8H2,1-3H3. The van der Waals surface area contributed by atoms with E-state index in [4.69, 9.17) is 9.47 Å². The van der Waals surface area contributed by atoms with Crippen molar-refractivity contribution in [3.05, 3.63) is 46.0 Å². The fraction of sp³-hybridized carbons (Fsp3) is 0.286. The minimum absolute atomic E-state index is 0.403. The molecule has 2 aromatic rings. The second kappa shape index (κ2) is 6.09. The van der Waals surface area contributed by atoms with Crippen molar-refractivity contribution in [2.24, 2.45) is 0 Å². The maximum atomic E-state index is 11.7. The van der Waals surface area contributed by atoms with Gasteiger partial charge in [0.25, 0.3) is 0 Å². The third-order valence-electron chi connectivity index (χ3n) is 3.02. The number of esters is 1. The van der Waals surface area contributed by atoms with Crippen molar-refractivity contribution in [2.75, 3.05) is 14.2 Å². The lowest BCUT2D eigenvalue weighted by Gasteiger charge is -2.13. The molecule has 1 aromatic carbocycles. The van der Waals surface area contributed by atoms with Crippen molar-refractivity contribution in [1.82, 2.24) is 9.55 Å². The SMILES string of the molecule is COC(=O)c1cnc(C)n1Cc1cc(Br)ccc1OC. The van der Waals surface area contributed by atoms with Crippen LogP contribution in [0.1, 0.15) is 21.9 Å². The molecule has 0 aliphatic carbocycles. The van der Waals surface area contributed by atoms with Crippen LogP contribution in [-0.2, 0) is 11.3 Å². The second-order valence-corrected chi connectivity index (χ2v) is 5.14. The number of carbonyl (C=O) groups is 1. The molecule has 2 rings (SSSR count). The average Bonchev–Trinajstić information content (AvgIpc) is 2.80. The van der Waals surface area contributed by atoms with Gasteiger partial charge in [0.1, 0.15) is 17.3 Å². The van der Waals surface area contributed by atoms with Gasteiger partial charge in [0.05, 0.1) is 27.0 Å². The van der Waals surface area contributed by atoms with Gasteiger partial charge in [-0.15, -0.1) is 0 Å². The van der Waals surface area contributed by atoms with Crippen LogP contribution in [-0.4, -0.2) is 29.7 Å². The quantitative estimate of drug-likeness (QED) is 0.804. The number of hydrogen-bond acceptors (Lipinski definition) is 4. The number of halogens is 1. The molecule has 20 heavy (non-hydrogen) atoms. The van der Waals surface area contributed by atoms with Gasteiger partial charge in [0, 0.05) is 10.0 Å². The smallest absolute Gasteiger partial charge is 0.356 e. The number of benzene rings is 1. The van der Waals surface area contributed by atoms with Crippen LogP contribution in [0.15, 0.2) is 28.9 Å². The molecule has 0 unspecified atom stereocenters. The van der Waals surface area contributed by atoms with E-state index in [1.807, 2.05) is 25.1 Å². The highest BCUT2D eigenvalue weighted by molar-refractivity contribution is 9.10. The summed E-state index contributed by atoms with van der Waals surface area (Å²) in [4.78, 5) is 15.9. The summed E-state index contributed by atoms with van der Waals surface area (Å²) in [7, 11) is 2.98. The molecule has 0 spiro atoms.